The molecule has 2 aliphatic heterocycles. The van der Waals surface area contributed by atoms with Crippen molar-refractivity contribution in [1.82, 2.24) is 0 Å². The predicted molar refractivity (Wildman–Crippen MR) is 112 cm³/mol. The highest BCUT2D eigenvalue weighted by molar-refractivity contribution is 5.73. The van der Waals surface area contributed by atoms with Crippen molar-refractivity contribution in [3.05, 3.63) is 0 Å². The Kier molecular flexibility index (Phi) is 8.36. The maximum Gasteiger partial charge on any atom is 0.311 e. The maximum atomic E-state index is 12.7. The highest BCUT2D eigenvalue weighted by Gasteiger charge is 2.52. The van der Waals surface area contributed by atoms with Crippen LogP contribution in [0, 0.1) is 35.5 Å². The summed E-state index contributed by atoms with van der Waals surface area (Å²) in [6, 6.07) is 0. The molecule has 2 aliphatic rings. The van der Waals surface area contributed by atoms with Crippen LogP contribution in [-0.2, 0) is 14.3 Å². The summed E-state index contributed by atoms with van der Waals surface area (Å²) in [7, 11) is 0. The number of cyclic esters (lactones) is 1. The van der Waals surface area contributed by atoms with Gasteiger partial charge in [0.1, 0.15) is 6.10 Å². The fourth-order valence-corrected chi connectivity index (χ4v) is 5.29. The molecule has 2 saturated heterocycles. The van der Waals surface area contributed by atoms with Crippen LogP contribution in [0.25, 0.3) is 0 Å². The molecule has 30 heavy (non-hydrogen) atoms. The second kappa shape index (κ2) is 9.82. The Balaban J connectivity index is 2.45. The van der Waals surface area contributed by atoms with Gasteiger partial charge in [0, 0.05) is 30.1 Å². The van der Waals surface area contributed by atoms with E-state index in [1.54, 1.807) is 20.8 Å². The number of esters is 1. The third kappa shape index (κ3) is 4.85. The molecule has 7 heteroatoms. The van der Waals surface area contributed by atoms with Crippen molar-refractivity contribution in [1.29, 1.82) is 0 Å². The number of rotatable bonds is 1. The lowest BCUT2D eigenvalue weighted by atomic mass is 9.72. The van der Waals surface area contributed by atoms with E-state index in [0.29, 0.717) is 12.8 Å². The van der Waals surface area contributed by atoms with E-state index in [9.17, 15) is 25.2 Å². The van der Waals surface area contributed by atoms with E-state index in [2.05, 4.69) is 0 Å². The molecule has 2 fully saturated rings. The molecule has 0 aromatic rings. The molecule has 7 nitrogen and oxygen atoms in total. The van der Waals surface area contributed by atoms with Gasteiger partial charge in [-0.3, -0.25) is 4.79 Å². The summed E-state index contributed by atoms with van der Waals surface area (Å²) < 4.78 is 11.9. The molecule has 0 amide bonds. The zero-order valence-electron chi connectivity index (χ0n) is 19.5. The quantitative estimate of drug-likeness (QED) is 0.471. The van der Waals surface area contributed by atoms with Gasteiger partial charge < -0.3 is 29.9 Å². The van der Waals surface area contributed by atoms with Gasteiger partial charge in [-0.25, -0.2) is 0 Å². The number of carbonyl (C=O) groups excluding carboxylic acids is 1. The molecule has 0 saturated carbocycles. The third-order valence-corrected chi connectivity index (χ3v) is 7.83. The Hall–Kier alpha value is -0.730. The monoisotopic (exact) mass is 430 g/mol. The molecule has 176 valence electrons. The number of aliphatic hydroxyl groups is 4. The zero-order valence-corrected chi connectivity index (χ0v) is 19.5. The molecular weight excluding hydrogens is 388 g/mol. The first-order valence-corrected chi connectivity index (χ1v) is 11.5. The molecule has 12 unspecified atom stereocenters. The van der Waals surface area contributed by atoms with Gasteiger partial charge in [-0.2, -0.15) is 0 Å². The van der Waals surface area contributed by atoms with Crippen LogP contribution in [0.3, 0.4) is 0 Å². The van der Waals surface area contributed by atoms with Gasteiger partial charge >= 0.3 is 5.97 Å². The summed E-state index contributed by atoms with van der Waals surface area (Å²) in [5.74, 6) is -4.52. The second-order valence-corrected chi connectivity index (χ2v) is 9.99. The number of fused-ring (bicyclic) bond motifs is 2. The molecular formula is C23H42O7. The van der Waals surface area contributed by atoms with Crippen molar-refractivity contribution < 1.29 is 34.7 Å². The van der Waals surface area contributed by atoms with E-state index >= 15 is 0 Å². The molecule has 0 aliphatic carbocycles. The van der Waals surface area contributed by atoms with Crippen LogP contribution in [0.15, 0.2) is 0 Å². The van der Waals surface area contributed by atoms with Crippen LogP contribution in [0.5, 0.6) is 0 Å². The first-order chi connectivity index (χ1) is 13.8. The van der Waals surface area contributed by atoms with Crippen LogP contribution in [0.1, 0.15) is 67.7 Å². The highest BCUT2D eigenvalue weighted by Crippen LogP contribution is 2.45. The fourth-order valence-electron chi connectivity index (χ4n) is 5.29. The van der Waals surface area contributed by atoms with Gasteiger partial charge in [0.05, 0.1) is 30.3 Å². The average molecular weight is 431 g/mol. The van der Waals surface area contributed by atoms with E-state index in [0.717, 1.165) is 0 Å². The molecule has 0 aromatic heterocycles. The van der Waals surface area contributed by atoms with E-state index in [1.165, 1.54) is 0 Å². The topological polar surface area (TPSA) is 116 Å². The van der Waals surface area contributed by atoms with Gasteiger partial charge in [0.2, 0.25) is 0 Å². The Morgan fingerprint density at radius 3 is 2.13 bits per heavy atom. The predicted octanol–water partition coefficient (Wildman–Crippen LogP) is 2.09. The number of carbonyl (C=O) groups is 1. The Morgan fingerprint density at radius 1 is 0.967 bits per heavy atom. The van der Waals surface area contributed by atoms with E-state index in [4.69, 9.17) is 9.47 Å². The highest BCUT2D eigenvalue weighted by atomic mass is 16.6. The Bertz CT molecular complexity index is 584. The molecule has 12 atom stereocenters. The minimum Gasteiger partial charge on any atom is -0.462 e. The van der Waals surface area contributed by atoms with Gasteiger partial charge in [0.15, 0.2) is 5.79 Å². The van der Waals surface area contributed by atoms with E-state index in [1.807, 2.05) is 27.7 Å². The zero-order chi connectivity index (χ0) is 23.0. The SMILES string of the molecule is CCC1OC(=O)C(C)C(O)C(C)C2OC(O)(C(C)CC2C)C(C)C(O)CC(O)C1C. The Labute approximate surface area is 180 Å². The maximum absolute atomic E-state index is 12.7. The summed E-state index contributed by atoms with van der Waals surface area (Å²) in [5.41, 5.74) is 0. The van der Waals surface area contributed by atoms with Crippen molar-refractivity contribution >= 4 is 5.97 Å². The molecule has 2 rings (SSSR count). The van der Waals surface area contributed by atoms with Gasteiger partial charge in [0.25, 0.3) is 0 Å². The van der Waals surface area contributed by atoms with Gasteiger partial charge in [-0.1, -0.05) is 41.5 Å². The molecule has 0 radical (unpaired) electrons. The van der Waals surface area contributed by atoms with Crippen LogP contribution >= 0.6 is 0 Å². The summed E-state index contributed by atoms with van der Waals surface area (Å²) in [5, 5.41) is 44.0. The average Bonchev–Trinajstić information content (AvgIpc) is 2.70. The second-order valence-electron chi connectivity index (χ2n) is 9.99. The number of hydrogen-bond acceptors (Lipinski definition) is 7. The molecule has 2 bridgehead atoms. The van der Waals surface area contributed by atoms with Crippen LogP contribution in [0.4, 0.5) is 0 Å². The van der Waals surface area contributed by atoms with Gasteiger partial charge in [-0.15, -0.1) is 0 Å². The Morgan fingerprint density at radius 2 is 1.57 bits per heavy atom. The van der Waals surface area contributed by atoms with Crippen LogP contribution < -0.4 is 0 Å². The van der Waals surface area contributed by atoms with Gasteiger partial charge in [-0.05, 0) is 25.7 Å². The lowest BCUT2D eigenvalue weighted by Crippen LogP contribution is -2.59. The van der Waals surface area contributed by atoms with Crippen molar-refractivity contribution in [2.24, 2.45) is 35.5 Å². The molecule has 4 N–H and O–H groups in total. The van der Waals surface area contributed by atoms with Crippen molar-refractivity contribution in [3.8, 4) is 0 Å². The van der Waals surface area contributed by atoms with Crippen molar-refractivity contribution in [3.63, 3.8) is 0 Å². The first-order valence-electron chi connectivity index (χ1n) is 11.5. The number of aliphatic hydroxyl groups excluding tert-OH is 3. The molecule has 0 spiro atoms. The minimum atomic E-state index is -1.59. The first kappa shape index (κ1) is 25.5. The lowest BCUT2D eigenvalue weighted by molar-refractivity contribution is -0.337. The summed E-state index contributed by atoms with van der Waals surface area (Å²) in [6.07, 6.45) is -2.73. The largest absolute Gasteiger partial charge is 0.462 e. The van der Waals surface area contributed by atoms with E-state index in [-0.39, 0.29) is 18.3 Å². The summed E-state index contributed by atoms with van der Waals surface area (Å²) in [6.45, 7) is 12.8. The smallest absolute Gasteiger partial charge is 0.311 e. The number of ether oxygens (including phenoxy) is 2. The number of hydrogen-bond donors (Lipinski definition) is 4. The van der Waals surface area contributed by atoms with Crippen LogP contribution in [-0.4, -0.2) is 62.7 Å². The van der Waals surface area contributed by atoms with Crippen molar-refractivity contribution in [2.45, 2.75) is 104 Å². The fraction of sp³-hybridized carbons (Fsp3) is 0.957. The normalized spacial score (nSPS) is 51.7. The van der Waals surface area contributed by atoms with E-state index < -0.39 is 65.9 Å². The lowest BCUT2D eigenvalue weighted by Gasteiger charge is -2.51. The minimum absolute atomic E-state index is 0.0444. The van der Waals surface area contributed by atoms with Crippen LogP contribution in [0.2, 0.25) is 0 Å². The summed E-state index contributed by atoms with van der Waals surface area (Å²) in [4.78, 5) is 12.7. The standard InChI is InChI=1S/C23H42O7/c1-8-19-13(4)17(24)10-18(25)16(7)23(28)12(3)9-11(2)21(30-23)14(5)20(26)15(6)22(27)29-19/h11-21,24-26,28H,8-10H2,1-7H3. The van der Waals surface area contributed by atoms with Crippen molar-refractivity contribution in [2.75, 3.05) is 0 Å². The summed E-state index contributed by atoms with van der Waals surface area (Å²) >= 11 is 0. The third-order valence-electron chi connectivity index (χ3n) is 7.83. The molecule has 0 aromatic carbocycles. The molecule has 2 heterocycles.